The number of hydrogen-bond donors (Lipinski definition) is 6. The third-order valence-corrected chi connectivity index (χ3v) is 11.7. The molecule has 1 unspecified atom stereocenters. The minimum absolute atomic E-state index is 0.000180. The van der Waals surface area contributed by atoms with E-state index in [0.29, 0.717) is 0 Å². The number of nitrogens with zero attached hydrogens (tertiary/aromatic N) is 1. The number of phenols is 2. The number of rotatable bonds is 6. The van der Waals surface area contributed by atoms with Crippen LogP contribution in [0.2, 0.25) is 0 Å². The van der Waals surface area contributed by atoms with Crippen molar-refractivity contribution >= 4 is 29.0 Å². The van der Waals surface area contributed by atoms with Crippen LogP contribution in [0.15, 0.2) is 47.5 Å². The second-order valence-corrected chi connectivity index (χ2v) is 14.4. The van der Waals surface area contributed by atoms with Crippen molar-refractivity contribution in [1.29, 1.82) is 0 Å². The zero-order chi connectivity index (χ0) is 40.8. The molecule has 296 valence electrons. The van der Waals surface area contributed by atoms with Crippen LogP contribution in [0.1, 0.15) is 82.6 Å². The van der Waals surface area contributed by atoms with Gasteiger partial charge in [0.15, 0.2) is 28.8 Å². The quantitative estimate of drug-likeness (QED) is 0.192. The fourth-order valence-electron chi connectivity index (χ4n) is 9.09. The third kappa shape index (κ3) is 4.97. The Hall–Kier alpha value is -4.91. The first-order chi connectivity index (χ1) is 26.5. The highest BCUT2D eigenvalue weighted by Gasteiger charge is 2.73. The van der Waals surface area contributed by atoms with E-state index in [1.54, 1.807) is 25.1 Å². The molecule has 3 aromatic carbocycles. The highest BCUT2D eigenvalue weighted by molar-refractivity contribution is 6.28. The smallest absolute Gasteiger partial charge is 0.341 e. The summed E-state index contributed by atoms with van der Waals surface area (Å²) in [5, 5.41) is 72.0. The second-order valence-electron chi connectivity index (χ2n) is 14.4. The van der Waals surface area contributed by atoms with E-state index in [9.17, 15) is 45.0 Å². The summed E-state index contributed by atoms with van der Waals surface area (Å²) in [6.07, 6.45) is -8.33. The Kier molecular flexibility index (Phi) is 9.58. The van der Waals surface area contributed by atoms with E-state index in [2.05, 4.69) is 4.99 Å². The van der Waals surface area contributed by atoms with Gasteiger partial charge in [-0.1, -0.05) is 36.4 Å². The van der Waals surface area contributed by atoms with Crippen molar-refractivity contribution in [2.75, 3.05) is 28.4 Å². The molecule has 1 saturated heterocycles. The first-order valence-corrected chi connectivity index (χ1v) is 17.7. The number of aliphatic hydroxyl groups is 4. The number of fused-ring (bicyclic) bond motifs is 5. The lowest BCUT2D eigenvalue weighted by Gasteiger charge is -2.53. The lowest BCUT2D eigenvalue weighted by Crippen LogP contribution is -2.73. The molecule has 0 saturated carbocycles. The van der Waals surface area contributed by atoms with Gasteiger partial charge in [0.05, 0.1) is 42.6 Å². The molecule has 6 N–H and O–H groups in total. The van der Waals surface area contributed by atoms with Gasteiger partial charge in [-0.25, -0.2) is 4.79 Å². The maximum absolute atomic E-state index is 15.1. The predicted molar refractivity (Wildman–Crippen MR) is 192 cm³/mol. The zero-order valence-corrected chi connectivity index (χ0v) is 31.2. The summed E-state index contributed by atoms with van der Waals surface area (Å²) in [5.41, 5.74) is -12.1. The number of aliphatic imine (C=N–C) groups is 1. The van der Waals surface area contributed by atoms with Crippen LogP contribution in [0.5, 0.6) is 11.5 Å². The van der Waals surface area contributed by atoms with E-state index in [1.165, 1.54) is 39.3 Å². The number of esters is 1. The first kappa shape index (κ1) is 39.3. The highest BCUT2D eigenvalue weighted by atomic mass is 16.6. The summed E-state index contributed by atoms with van der Waals surface area (Å²) in [6, 6.07) is 10.1. The number of benzene rings is 3. The zero-order valence-electron chi connectivity index (χ0n) is 31.2. The van der Waals surface area contributed by atoms with Crippen LogP contribution in [-0.4, -0.2) is 130 Å². The van der Waals surface area contributed by atoms with Crippen LogP contribution in [-0.2, 0) is 41.3 Å². The second kappa shape index (κ2) is 13.6. The fraction of sp³-hybridized carbons (Fsp3) is 0.425. The number of phenolic OH excluding ortho intramolecular Hbond substituents is 2. The summed E-state index contributed by atoms with van der Waals surface area (Å²) in [4.78, 5) is 61.5. The Labute approximate surface area is 319 Å². The Bertz CT molecular complexity index is 2220. The maximum Gasteiger partial charge on any atom is 0.341 e. The number of aryl methyl sites for hydroxylation is 1. The number of methoxy groups -OCH3 is 4. The molecule has 0 spiro atoms. The average molecular weight is 776 g/mol. The molecule has 0 aromatic heterocycles. The van der Waals surface area contributed by atoms with Crippen molar-refractivity contribution in [1.82, 2.24) is 0 Å². The monoisotopic (exact) mass is 775 g/mol. The van der Waals surface area contributed by atoms with Gasteiger partial charge in [-0.2, -0.15) is 0 Å². The SMILES string of the molecule is COC(=O)c1c(C)cc2c(c1O)[C@]1(O)C(=O)c3cc4c(c(O)c3C(=O)[C@]1(OC)[C@H](O)C2)C(=O)CC(=N[C@H]1O[C@@H](C)[C@H](OC)[C@@H](O)[C@H]1OC)C4(O)c1ccccc1. The van der Waals surface area contributed by atoms with Gasteiger partial charge in [0.2, 0.25) is 11.6 Å². The van der Waals surface area contributed by atoms with Gasteiger partial charge in [-0.3, -0.25) is 19.4 Å². The predicted octanol–water partition coefficient (Wildman–Crippen LogP) is 1.16. The molecule has 1 heterocycles. The Morgan fingerprint density at radius 2 is 1.57 bits per heavy atom. The Morgan fingerprint density at radius 1 is 0.911 bits per heavy atom. The number of carbonyl (C=O) groups excluding carboxylic acids is 4. The Morgan fingerprint density at radius 3 is 2.18 bits per heavy atom. The topological polar surface area (TPSA) is 248 Å². The molecule has 1 fully saturated rings. The maximum atomic E-state index is 15.1. The molecule has 3 aliphatic carbocycles. The standard InChI is InChI=1S/C40H41NO15/c1-16-12-18-13-24(43)40(55-6)35(48)26-20(34(47)39(40,51)28(18)30(45)25(16)37(49)54-5)14-21-27(29(26)44)22(42)15-23(38(21,50)19-10-8-7-9-11-19)41-36-33(53-4)31(46)32(52-3)17(2)56-36/h7-12,14,17,24,31-33,36,43-46,50-51H,13,15H2,1-6H3/t17-,24+,31+,32-,33+,36-,38?,39-,40+/m0/s1. The normalized spacial score (nSPS) is 33.0. The van der Waals surface area contributed by atoms with E-state index in [-0.39, 0.29) is 22.4 Å². The molecule has 3 aromatic rings. The van der Waals surface area contributed by atoms with Gasteiger partial charge >= 0.3 is 5.97 Å². The molecule has 7 rings (SSSR count). The fourth-order valence-corrected chi connectivity index (χ4v) is 9.09. The number of ketones is 3. The molecule has 16 heteroatoms. The minimum atomic E-state index is -3.26. The molecule has 4 aliphatic rings. The molecule has 0 bridgehead atoms. The molecule has 9 atom stereocenters. The van der Waals surface area contributed by atoms with Crippen molar-refractivity contribution in [2.24, 2.45) is 4.99 Å². The number of Topliss-reactive ketones (excluding diaryl/α,β-unsaturated/α-hetero) is 3. The van der Waals surface area contributed by atoms with E-state index in [4.69, 9.17) is 23.7 Å². The van der Waals surface area contributed by atoms with Crippen molar-refractivity contribution in [3.63, 3.8) is 0 Å². The third-order valence-electron chi connectivity index (χ3n) is 11.7. The van der Waals surface area contributed by atoms with E-state index in [0.717, 1.165) is 20.3 Å². The van der Waals surface area contributed by atoms with Crippen molar-refractivity contribution < 1.29 is 73.5 Å². The summed E-state index contributed by atoms with van der Waals surface area (Å²) < 4.78 is 27.4. The van der Waals surface area contributed by atoms with E-state index >= 15 is 4.79 Å². The van der Waals surface area contributed by atoms with Crippen LogP contribution in [0.25, 0.3) is 0 Å². The van der Waals surface area contributed by atoms with E-state index in [1.807, 2.05) is 0 Å². The van der Waals surface area contributed by atoms with Crippen LogP contribution in [0.4, 0.5) is 0 Å². The lowest BCUT2D eigenvalue weighted by molar-refractivity contribution is -0.228. The number of hydrogen-bond acceptors (Lipinski definition) is 16. The highest BCUT2D eigenvalue weighted by Crippen LogP contribution is 2.57. The van der Waals surface area contributed by atoms with Gasteiger partial charge < -0.3 is 54.3 Å². The van der Waals surface area contributed by atoms with Crippen LogP contribution in [0, 0.1) is 6.92 Å². The molecular weight excluding hydrogens is 734 g/mol. The number of carbonyl (C=O) groups is 4. The van der Waals surface area contributed by atoms with Gasteiger partial charge in [0.25, 0.3) is 0 Å². The van der Waals surface area contributed by atoms with Crippen LogP contribution < -0.4 is 0 Å². The van der Waals surface area contributed by atoms with Crippen molar-refractivity contribution in [3.8, 4) is 11.5 Å². The molecule has 16 nitrogen and oxygen atoms in total. The molecule has 56 heavy (non-hydrogen) atoms. The first-order valence-electron chi connectivity index (χ1n) is 17.7. The van der Waals surface area contributed by atoms with Gasteiger partial charge in [-0.15, -0.1) is 0 Å². The summed E-state index contributed by atoms with van der Waals surface area (Å²) in [6.45, 7) is 3.09. The largest absolute Gasteiger partial charge is 0.507 e. The summed E-state index contributed by atoms with van der Waals surface area (Å²) in [7, 11) is 4.68. The Balaban J connectivity index is 1.51. The van der Waals surface area contributed by atoms with Crippen LogP contribution >= 0.6 is 0 Å². The van der Waals surface area contributed by atoms with E-state index < -0.39 is 135 Å². The molecule has 1 aliphatic heterocycles. The summed E-state index contributed by atoms with van der Waals surface area (Å²) in [5.74, 6) is -6.52. The number of ether oxygens (including phenoxy) is 5. The summed E-state index contributed by atoms with van der Waals surface area (Å²) >= 11 is 0. The van der Waals surface area contributed by atoms with Gasteiger partial charge in [0.1, 0.15) is 35.4 Å². The lowest BCUT2D eigenvalue weighted by atomic mass is 9.56. The molecule has 0 amide bonds. The number of aliphatic hydroxyl groups excluding tert-OH is 2. The average Bonchev–Trinajstić information content (AvgIpc) is 3.16. The number of aromatic hydroxyl groups is 2. The van der Waals surface area contributed by atoms with Crippen LogP contribution in [0.3, 0.4) is 0 Å². The van der Waals surface area contributed by atoms with Gasteiger partial charge in [-0.05, 0) is 36.6 Å². The minimum Gasteiger partial charge on any atom is -0.507 e. The van der Waals surface area contributed by atoms with Crippen molar-refractivity contribution in [2.45, 2.75) is 80.2 Å². The molecule has 0 radical (unpaired) electrons. The van der Waals surface area contributed by atoms with Crippen molar-refractivity contribution in [3.05, 3.63) is 92.5 Å². The van der Waals surface area contributed by atoms with Gasteiger partial charge in [0, 0.05) is 44.4 Å². The molecular formula is C40H41NO15.